The predicted octanol–water partition coefficient (Wildman–Crippen LogP) is 2.42. The van der Waals surface area contributed by atoms with Crippen molar-refractivity contribution >= 4 is 19.0 Å². The second-order valence-corrected chi connectivity index (χ2v) is 7.79. The van der Waals surface area contributed by atoms with Crippen molar-refractivity contribution in [2.45, 2.75) is 25.3 Å². The van der Waals surface area contributed by atoms with Gasteiger partial charge in [-0.1, -0.05) is 23.7 Å². The van der Waals surface area contributed by atoms with Crippen molar-refractivity contribution < 1.29 is 14.6 Å². The summed E-state index contributed by atoms with van der Waals surface area (Å²) in [5.41, 5.74) is 6.84. The number of halogens is 1. The standard InChI is InChI=1S/C13H21ClNO3P/c1-10(15)13(9-19(17,18)8-2-7-16)11-3-5-12(14)6-4-11/h3-6,10,13,16H,2,7-9,15H2,1H3,(H,17,18). The molecule has 0 fully saturated rings. The molecule has 0 bridgehead atoms. The minimum atomic E-state index is -3.27. The number of aliphatic hydroxyl groups is 1. The lowest BCUT2D eigenvalue weighted by Gasteiger charge is -2.24. The second-order valence-electron chi connectivity index (χ2n) is 4.85. The Morgan fingerprint density at radius 1 is 1.37 bits per heavy atom. The summed E-state index contributed by atoms with van der Waals surface area (Å²) in [6, 6.07) is 6.95. The maximum absolute atomic E-state index is 12.1. The molecule has 0 spiro atoms. The van der Waals surface area contributed by atoms with E-state index in [2.05, 4.69) is 0 Å². The van der Waals surface area contributed by atoms with Crippen molar-refractivity contribution in [1.29, 1.82) is 0 Å². The SMILES string of the molecule is CC(N)C(CP(=O)(O)CCCO)c1ccc(Cl)cc1. The zero-order valence-corrected chi connectivity index (χ0v) is 12.6. The van der Waals surface area contributed by atoms with E-state index in [1.807, 2.05) is 19.1 Å². The molecule has 0 aliphatic heterocycles. The highest BCUT2D eigenvalue weighted by Gasteiger charge is 2.27. The minimum absolute atomic E-state index is 0.0751. The topological polar surface area (TPSA) is 83.6 Å². The highest BCUT2D eigenvalue weighted by molar-refractivity contribution is 7.58. The van der Waals surface area contributed by atoms with E-state index < -0.39 is 7.37 Å². The first kappa shape index (κ1) is 16.7. The van der Waals surface area contributed by atoms with Crippen LogP contribution in [0.4, 0.5) is 0 Å². The first-order valence-corrected chi connectivity index (χ1v) is 8.69. The van der Waals surface area contributed by atoms with Crippen LogP contribution >= 0.6 is 19.0 Å². The maximum Gasteiger partial charge on any atom is 0.201 e. The molecular formula is C13H21ClNO3P. The van der Waals surface area contributed by atoms with Gasteiger partial charge in [-0.25, -0.2) is 0 Å². The number of nitrogens with two attached hydrogens (primary N) is 1. The molecular weight excluding hydrogens is 285 g/mol. The molecule has 0 radical (unpaired) electrons. The fourth-order valence-corrected chi connectivity index (χ4v) is 4.10. The Morgan fingerprint density at radius 3 is 2.42 bits per heavy atom. The van der Waals surface area contributed by atoms with Crippen LogP contribution in [0.15, 0.2) is 24.3 Å². The Balaban J connectivity index is 2.84. The van der Waals surface area contributed by atoms with E-state index >= 15 is 0 Å². The third-order valence-electron chi connectivity index (χ3n) is 3.08. The van der Waals surface area contributed by atoms with E-state index in [-0.39, 0.29) is 30.9 Å². The summed E-state index contributed by atoms with van der Waals surface area (Å²) in [5.74, 6) is -0.188. The number of benzene rings is 1. The molecule has 0 saturated heterocycles. The molecule has 4 nitrogen and oxygen atoms in total. The van der Waals surface area contributed by atoms with Gasteiger partial charge in [0.2, 0.25) is 7.37 Å². The average Bonchev–Trinajstić information content (AvgIpc) is 2.35. The van der Waals surface area contributed by atoms with Crippen molar-refractivity contribution in [3.8, 4) is 0 Å². The molecule has 3 atom stereocenters. The van der Waals surface area contributed by atoms with Gasteiger partial charge in [0, 0.05) is 35.9 Å². The van der Waals surface area contributed by atoms with Gasteiger partial charge in [0.1, 0.15) is 0 Å². The predicted molar refractivity (Wildman–Crippen MR) is 79.1 cm³/mol. The van der Waals surface area contributed by atoms with Crippen molar-refractivity contribution in [2.24, 2.45) is 5.73 Å². The zero-order valence-electron chi connectivity index (χ0n) is 11.0. The van der Waals surface area contributed by atoms with Crippen LogP contribution in [0.3, 0.4) is 0 Å². The fraction of sp³-hybridized carbons (Fsp3) is 0.538. The number of aliphatic hydroxyl groups excluding tert-OH is 1. The third kappa shape index (κ3) is 5.64. The lowest BCUT2D eigenvalue weighted by Crippen LogP contribution is -2.27. The van der Waals surface area contributed by atoms with Crippen LogP contribution in [0.2, 0.25) is 5.02 Å². The smallest absolute Gasteiger partial charge is 0.201 e. The van der Waals surface area contributed by atoms with Crippen LogP contribution in [0.25, 0.3) is 0 Å². The normalized spacial score (nSPS) is 17.7. The summed E-state index contributed by atoms with van der Waals surface area (Å²) in [6.45, 7) is 1.75. The summed E-state index contributed by atoms with van der Waals surface area (Å²) in [5, 5.41) is 9.37. The lowest BCUT2D eigenvalue weighted by molar-refractivity contribution is 0.293. The van der Waals surface area contributed by atoms with Crippen LogP contribution in [0, 0.1) is 0 Å². The molecule has 0 amide bonds. The summed E-state index contributed by atoms with van der Waals surface area (Å²) in [6.07, 6.45) is 0.590. The Labute approximate surface area is 119 Å². The Hall–Kier alpha value is -0.380. The van der Waals surface area contributed by atoms with Crippen LogP contribution in [-0.2, 0) is 4.57 Å². The Morgan fingerprint density at radius 2 is 1.95 bits per heavy atom. The van der Waals surface area contributed by atoms with E-state index in [0.717, 1.165) is 5.56 Å². The summed E-state index contributed by atoms with van der Waals surface area (Å²) in [7, 11) is -3.27. The molecule has 19 heavy (non-hydrogen) atoms. The second kappa shape index (κ2) is 7.41. The lowest BCUT2D eigenvalue weighted by atomic mass is 9.95. The van der Waals surface area contributed by atoms with Crippen LogP contribution in [0.5, 0.6) is 0 Å². The van der Waals surface area contributed by atoms with Crippen molar-refractivity contribution in [3.05, 3.63) is 34.9 Å². The molecule has 0 saturated carbocycles. The average molecular weight is 306 g/mol. The molecule has 1 aromatic rings. The molecule has 3 unspecified atom stereocenters. The van der Waals surface area contributed by atoms with Gasteiger partial charge in [-0.2, -0.15) is 0 Å². The van der Waals surface area contributed by atoms with E-state index in [0.29, 0.717) is 11.4 Å². The molecule has 0 aromatic heterocycles. The Bertz CT molecular complexity index is 436. The summed E-state index contributed by atoms with van der Waals surface area (Å²) in [4.78, 5) is 9.94. The molecule has 4 N–H and O–H groups in total. The van der Waals surface area contributed by atoms with Gasteiger partial charge in [0.25, 0.3) is 0 Å². The molecule has 0 aliphatic rings. The Kier molecular flexibility index (Phi) is 6.51. The van der Waals surface area contributed by atoms with E-state index in [4.69, 9.17) is 22.4 Å². The quantitative estimate of drug-likeness (QED) is 0.676. The number of rotatable bonds is 7. The highest BCUT2D eigenvalue weighted by atomic mass is 35.5. The van der Waals surface area contributed by atoms with Gasteiger partial charge in [-0.3, -0.25) is 4.57 Å². The first-order valence-electron chi connectivity index (χ1n) is 6.28. The van der Waals surface area contributed by atoms with E-state index in [1.165, 1.54) is 0 Å². The van der Waals surface area contributed by atoms with Crippen LogP contribution in [-0.4, -0.2) is 35.0 Å². The van der Waals surface area contributed by atoms with Crippen LogP contribution in [0.1, 0.15) is 24.8 Å². The van der Waals surface area contributed by atoms with Gasteiger partial charge < -0.3 is 15.7 Å². The van der Waals surface area contributed by atoms with Gasteiger partial charge in [-0.15, -0.1) is 0 Å². The third-order valence-corrected chi connectivity index (χ3v) is 5.31. The van der Waals surface area contributed by atoms with Gasteiger partial charge in [0.05, 0.1) is 0 Å². The largest absolute Gasteiger partial charge is 0.396 e. The first-order chi connectivity index (χ1) is 8.85. The van der Waals surface area contributed by atoms with Crippen molar-refractivity contribution in [3.63, 3.8) is 0 Å². The molecule has 1 aromatic carbocycles. The minimum Gasteiger partial charge on any atom is -0.396 e. The summed E-state index contributed by atoms with van der Waals surface area (Å²) < 4.78 is 12.1. The number of hydrogen-bond donors (Lipinski definition) is 3. The highest BCUT2D eigenvalue weighted by Crippen LogP contribution is 2.46. The van der Waals surface area contributed by atoms with Gasteiger partial charge >= 0.3 is 0 Å². The molecule has 1 rings (SSSR count). The van der Waals surface area contributed by atoms with Crippen molar-refractivity contribution in [2.75, 3.05) is 18.9 Å². The van der Waals surface area contributed by atoms with Crippen LogP contribution < -0.4 is 5.73 Å². The van der Waals surface area contributed by atoms with E-state index in [1.54, 1.807) is 12.1 Å². The molecule has 0 aliphatic carbocycles. The van der Waals surface area contributed by atoms with Gasteiger partial charge in [-0.05, 0) is 31.0 Å². The fourth-order valence-electron chi connectivity index (χ4n) is 2.00. The molecule has 6 heteroatoms. The molecule has 108 valence electrons. The summed E-state index contributed by atoms with van der Waals surface area (Å²) >= 11 is 5.83. The monoisotopic (exact) mass is 305 g/mol. The van der Waals surface area contributed by atoms with Gasteiger partial charge in [0.15, 0.2) is 0 Å². The maximum atomic E-state index is 12.1. The zero-order chi connectivity index (χ0) is 14.5. The number of hydrogen-bond acceptors (Lipinski definition) is 3. The van der Waals surface area contributed by atoms with Crippen molar-refractivity contribution in [1.82, 2.24) is 0 Å². The van der Waals surface area contributed by atoms with E-state index in [9.17, 15) is 9.46 Å². The molecule has 0 heterocycles.